The molecule has 1 fully saturated rings. The number of hydrogen-bond donors (Lipinski definition) is 1. The van der Waals surface area contributed by atoms with Crippen LogP contribution in [0.25, 0.3) is 0 Å². The van der Waals surface area contributed by atoms with Gasteiger partial charge in [0, 0.05) is 35.3 Å². The first-order chi connectivity index (χ1) is 14.8. The number of methoxy groups -OCH3 is 1. The molecule has 1 aromatic carbocycles. The molecule has 3 amide bonds. The van der Waals surface area contributed by atoms with Crippen LogP contribution in [0.4, 0.5) is 10.7 Å². The van der Waals surface area contributed by atoms with E-state index in [1.54, 1.807) is 29.2 Å². The van der Waals surface area contributed by atoms with Gasteiger partial charge in [-0.25, -0.2) is 9.69 Å². The zero-order valence-corrected chi connectivity index (χ0v) is 18.7. The number of imide groups is 1. The molecule has 4 rings (SSSR count). The maximum absolute atomic E-state index is 13.2. The fourth-order valence-corrected chi connectivity index (χ4v) is 6.17. The summed E-state index contributed by atoms with van der Waals surface area (Å²) in [5.74, 6) is -1.36. The third-order valence-corrected chi connectivity index (χ3v) is 7.74. The zero-order chi connectivity index (χ0) is 22.3. The van der Waals surface area contributed by atoms with E-state index in [2.05, 4.69) is 0 Å². The van der Waals surface area contributed by atoms with Crippen LogP contribution in [0.2, 0.25) is 0 Å². The molecule has 8 nitrogen and oxygen atoms in total. The molecule has 3 heterocycles. The van der Waals surface area contributed by atoms with Crippen LogP contribution in [0, 0.1) is 0 Å². The molecule has 1 unspecified atom stereocenters. The quantitative estimate of drug-likeness (QED) is 0.425. The van der Waals surface area contributed by atoms with Crippen molar-refractivity contribution in [2.75, 3.05) is 24.3 Å². The number of amides is 3. The predicted molar refractivity (Wildman–Crippen MR) is 118 cm³/mol. The van der Waals surface area contributed by atoms with Crippen molar-refractivity contribution in [3.63, 3.8) is 0 Å². The third kappa shape index (κ3) is 3.92. The summed E-state index contributed by atoms with van der Waals surface area (Å²) >= 11 is 2.50. The Morgan fingerprint density at radius 3 is 2.58 bits per heavy atom. The largest absolute Gasteiger partial charge is 0.465 e. The summed E-state index contributed by atoms with van der Waals surface area (Å²) in [6.07, 6.45) is 0.506. The minimum atomic E-state index is -0.588. The van der Waals surface area contributed by atoms with Crippen molar-refractivity contribution in [2.24, 2.45) is 0 Å². The maximum Gasteiger partial charge on any atom is 0.341 e. The van der Waals surface area contributed by atoms with Crippen LogP contribution in [0.3, 0.4) is 0 Å². The highest BCUT2D eigenvalue weighted by atomic mass is 32.2. The molecule has 1 saturated heterocycles. The minimum absolute atomic E-state index is 0.0383. The van der Waals surface area contributed by atoms with E-state index in [0.29, 0.717) is 25.2 Å². The van der Waals surface area contributed by atoms with Crippen LogP contribution >= 0.6 is 23.1 Å². The van der Waals surface area contributed by atoms with Gasteiger partial charge in [-0.2, -0.15) is 0 Å². The molecule has 0 radical (unpaired) electrons. The molecule has 1 atom stereocenters. The number of nitrogen functional groups attached to an aromatic ring is 1. The smallest absolute Gasteiger partial charge is 0.341 e. The second-order valence-corrected chi connectivity index (χ2v) is 9.67. The second-order valence-electron chi connectivity index (χ2n) is 7.31. The fourth-order valence-electron chi connectivity index (χ4n) is 3.75. The topological polar surface area (TPSA) is 110 Å². The first-order valence-corrected chi connectivity index (χ1v) is 11.4. The summed E-state index contributed by atoms with van der Waals surface area (Å²) in [7, 11) is 1.27. The molecule has 2 aliphatic rings. The SMILES string of the molecule is COC(=O)c1c(N2C(=O)CC(Sc3ccc(N)cc3)C2=O)sc2c1CCN(C(C)=O)C2. The summed E-state index contributed by atoms with van der Waals surface area (Å²) < 4.78 is 4.96. The van der Waals surface area contributed by atoms with Gasteiger partial charge in [-0.15, -0.1) is 23.1 Å². The summed E-state index contributed by atoms with van der Waals surface area (Å²) in [6.45, 7) is 2.31. The summed E-state index contributed by atoms with van der Waals surface area (Å²) in [5.41, 5.74) is 7.33. The highest BCUT2D eigenvalue weighted by Crippen LogP contribution is 2.43. The van der Waals surface area contributed by atoms with E-state index in [0.717, 1.165) is 20.2 Å². The number of esters is 1. The van der Waals surface area contributed by atoms with E-state index >= 15 is 0 Å². The lowest BCUT2D eigenvalue weighted by Gasteiger charge is -2.25. The molecule has 0 aliphatic carbocycles. The van der Waals surface area contributed by atoms with Gasteiger partial charge in [-0.05, 0) is 36.2 Å². The predicted octanol–water partition coefficient (Wildman–Crippen LogP) is 2.45. The van der Waals surface area contributed by atoms with Gasteiger partial charge in [-0.3, -0.25) is 14.4 Å². The Morgan fingerprint density at radius 2 is 1.94 bits per heavy atom. The van der Waals surface area contributed by atoms with Crippen molar-refractivity contribution in [3.05, 3.63) is 40.3 Å². The number of benzene rings is 1. The lowest BCUT2D eigenvalue weighted by atomic mass is 10.0. The Hall–Kier alpha value is -2.85. The molecule has 0 bridgehead atoms. The average molecular weight is 460 g/mol. The number of anilines is 2. The Bertz CT molecular complexity index is 1080. The molecule has 2 N–H and O–H groups in total. The molecule has 0 spiro atoms. The average Bonchev–Trinajstić information content (AvgIpc) is 3.24. The van der Waals surface area contributed by atoms with E-state index in [4.69, 9.17) is 10.5 Å². The number of fused-ring (bicyclic) bond motifs is 1. The number of hydrogen-bond acceptors (Lipinski definition) is 8. The van der Waals surface area contributed by atoms with Crippen molar-refractivity contribution in [3.8, 4) is 0 Å². The van der Waals surface area contributed by atoms with E-state index < -0.39 is 11.2 Å². The number of nitrogens with zero attached hydrogens (tertiary/aromatic N) is 2. The summed E-state index contributed by atoms with van der Waals surface area (Å²) in [4.78, 5) is 54.8. The molecule has 2 aromatic rings. The molecule has 162 valence electrons. The van der Waals surface area contributed by atoms with Crippen LogP contribution in [0.1, 0.15) is 34.1 Å². The van der Waals surface area contributed by atoms with Gasteiger partial charge >= 0.3 is 5.97 Å². The van der Waals surface area contributed by atoms with Gasteiger partial charge in [0.2, 0.25) is 17.7 Å². The molecule has 31 heavy (non-hydrogen) atoms. The van der Waals surface area contributed by atoms with Crippen molar-refractivity contribution in [1.82, 2.24) is 4.90 Å². The number of thioether (sulfide) groups is 1. The van der Waals surface area contributed by atoms with E-state index in [1.807, 2.05) is 0 Å². The van der Waals surface area contributed by atoms with Gasteiger partial charge in [0.1, 0.15) is 5.00 Å². The minimum Gasteiger partial charge on any atom is -0.465 e. The summed E-state index contributed by atoms with van der Waals surface area (Å²) in [5, 5.41) is -0.299. The van der Waals surface area contributed by atoms with Crippen LogP contribution in [-0.4, -0.2) is 47.5 Å². The lowest BCUT2D eigenvalue weighted by molar-refractivity contribution is -0.129. The lowest BCUT2D eigenvalue weighted by Crippen LogP contribution is -2.34. The highest BCUT2D eigenvalue weighted by Gasteiger charge is 2.44. The fraction of sp³-hybridized carbons (Fsp3) is 0.333. The number of ether oxygens (including phenoxy) is 1. The van der Waals surface area contributed by atoms with Gasteiger partial charge < -0.3 is 15.4 Å². The normalized spacial score (nSPS) is 18.3. The number of carbonyl (C=O) groups is 4. The number of carbonyl (C=O) groups excluding carboxylic acids is 4. The van der Waals surface area contributed by atoms with E-state index in [1.165, 1.54) is 37.1 Å². The Labute approximate surface area is 187 Å². The van der Waals surface area contributed by atoms with Gasteiger partial charge in [0.05, 0.1) is 24.5 Å². The molecule has 10 heteroatoms. The van der Waals surface area contributed by atoms with Crippen molar-refractivity contribution < 1.29 is 23.9 Å². The standard InChI is InChI=1S/C21H21N3O5S2/c1-11(25)23-8-7-14-16(10-23)31-20(18(14)21(28)29-2)24-17(26)9-15(19(24)27)30-13-5-3-12(22)4-6-13/h3-6,15H,7-10,22H2,1-2H3. The number of thiophene rings is 1. The molecular formula is C21H21N3O5S2. The summed E-state index contributed by atoms with van der Waals surface area (Å²) in [6, 6.07) is 7.09. The van der Waals surface area contributed by atoms with E-state index in [9.17, 15) is 19.2 Å². The Morgan fingerprint density at radius 1 is 1.23 bits per heavy atom. The maximum atomic E-state index is 13.2. The molecular weight excluding hydrogens is 438 g/mol. The van der Waals surface area contributed by atoms with Crippen LogP contribution < -0.4 is 10.6 Å². The first-order valence-electron chi connectivity index (χ1n) is 9.67. The Kier molecular flexibility index (Phi) is 5.76. The van der Waals surface area contributed by atoms with Gasteiger partial charge in [-0.1, -0.05) is 0 Å². The van der Waals surface area contributed by atoms with Crippen molar-refractivity contribution in [2.45, 2.75) is 36.5 Å². The number of nitrogens with two attached hydrogens (primary N) is 1. The zero-order valence-electron chi connectivity index (χ0n) is 17.0. The monoisotopic (exact) mass is 459 g/mol. The van der Waals surface area contributed by atoms with Crippen LogP contribution in [0.5, 0.6) is 0 Å². The second kappa shape index (κ2) is 8.35. The van der Waals surface area contributed by atoms with Crippen molar-refractivity contribution in [1.29, 1.82) is 0 Å². The van der Waals surface area contributed by atoms with Crippen molar-refractivity contribution >= 4 is 57.5 Å². The molecule has 2 aliphatic heterocycles. The first kappa shape index (κ1) is 21.4. The van der Waals surface area contributed by atoms with E-state index in [-0.39, 0.29) is 34.7 Å². The van der Waals surface area contributed by atoms with Gasteiger partial charge in [0.25, 0.3) is 0 Å². The highest BCUT2D eigenvalue weighted by molar-refractivity contribution is 8.00. The number of rotatable bonds is 4. The molecule has 1 aromatic heterocycles. The molecule has 0 saturated carbocycles. The van der Waals surface area contributed by atoms with Gasteiger partial charge in [0.15, 0.2) is 0 Å². The van der Waals surface area contributed by atoms with Crippen LogP contribution in [0.15, 0.2) is 29.2 Å². The Balaban J connectivity index is 1.67. The van der Waals surface area contributed by atoms with Crippen LogP contribution in [-0.2, 0) is 32.1 Å². The third-order valence-electron chi connectivity index (χ3n) is 5.34.